The predicted octanol–water partition coefficient (Wildman–Crippen LogP) is 2.60. The summed E-state index contributed by atoms with van der Waals surface area (Å²) in [4.78, 5) is 31.1. The van der Waals surface area contributed by atoms with Gasteiger partial charge in [0.25, 0.3) is 0 Å². The van der Waals surface area contributed by atoms with Crippen molar-refractivity contribution in [2.45, 2.75) is 58.4 Å². The molecule has 0 saturated carbocycles. The number of carboxylic acids is 2. The maximum Gasteiger partial charge on any atom is 0.328 e. The molecule has 2 atom stereocenters. The predicted molar refractivity (Wildman–Crippen MR) is 111 cm³/mol. The molecule has 1 saturated heterocycles. The number of aliphatic carboxylic acids is 2. The average Bonchev–Trinajstić information content (AvgIpc) is 2.70. The second kappa shape index (κ2) is 11.5. The van der Waals surface area contributed by atoms with Crippen molar-refractivity contribution in [1.29, 1.82) is 0 Å². The molecular formula is C21H32N4O4. The summed E-state index contributed by atoms with van der Waals surface area (Å²) >= 11 is 0. The summed E-state index contributed by atoms with van der Waals surface area (Å²) in [5, 5.41) is 18.9. The van der Waals surface area contributed by atoms with Gasteiger partial charge < -0.3 is 15.5 Å². The molecule has 2 heterocycles. The Morgan fingerprint density at radius 3 is 2.55 bits per heavy atom. The van der Waals surface area contributed by atoms with Crippen molar-refractivity contribution < 1.29 is 19.8 Å². The highest BCUT2D eigenvalue weighted by Gasteiger charge is 2.35. The van der Waals surface area contributed by atoms with Gasteiger partial charge >= 0.3 is 11.9 Å². The number of likely N-dealkylation sites (tertiary alicyclic amines) is 1. The number of fused-ring (bicyclic) bond motifs is 2. The summed E-state index contributed by atoms with van der Waals surface area (Å²) in [5.41, 5.74) is 2.67. The fourth-order valence-corrected chi connectivity index (χ4v) is 4.04. The molecule has 1 aromatic rings. The summed E-state index contributed by atoms with van der Waals surface area (Å²) in [6.07, 6.45) is 10.6. The van der Waals surface area contributed by atoms with Gasteiger partial charge in [-0.05, 0) is 63.1 Å². The first-order valence-corrected chi connectivity index (χ1v) is 10.4. The Bertz CT molecular complexity index is 705. The molecule has 1 fully saturated rings. The highest BCUT2D eigenvalue weighted by atomic mass is 16.4. The molecule has 0 bridgehead atoms. The number of rotatable bonds is 7. The summed E-state index contributed by atoms with van der Waals surface area (Å²) in [6, 6.07) is 0.726. The molecule has 160 valence electrons. The molecule has 2 aliphatic rings. The van der Waals surface area contributed by atoms with Crippen LogP contribution in [0.5, 0.6) is 0 Å². The number of carbonyl (C=O) groups is 2. The van der Waals surface area contributed by atoms with Gasteiger partial charge in [-0.2, -0.15) is 0 Å². The van der Waals surface area contributed by atoms with Crippen LogP contribution >= 0.6 is 0 Å². The first-order valence-electron chi connectivity index (χ1n) is 10.4. The third-order valence-corrected chi connectivity index (χ3v) is 5.28. The van der Waals surface area contributed by atoms with Gasteiger partial charge in [0.05, 0.1) is 0 Å². The van der Waals surface area contributed by atoms with Crippen LogP contribution in [0.15, 0.2) is 18.3 Å². The van der Waals surface area contributed by atoms with Crippen LogP contribution in [0.2, 0.25) is 0 Å². The Morgan fingerprint density at radius 2 is 1.93 bits per heavy atom. The van der Waals surface area contributed by atoms with Gasteiger partial charge in [-0.15, -0.1) is 0 Å². The maximum absolute atomic E-state index is 9.55. The molecule has 0 aromatic carbocycles. The largest absolute Gasteiger partial charge is 0.478 e. The van der Waals surface area contributed by atoms with Gasteiger partial charge in [0.1, 0.15) is 0 Å². The van der Waals surface area contributed by atoms with Gasteiger partial charge in [0.15, 0.2) is 0 Å². The van der Waals surface area contributed by atoms with Gasteiger partial charge in [-0.25, -0.2) is 19.6 Å². The number of hydrogen-bond donors (Lipinski definition) is 3. The van der Waals surface area contributed by atoms with Gasteiger partial charge in [-0.3, -0.25) is 4.90 Å². The molecule has 1 aliphatic heterocycles. The average molecular weight is 405 g/mol. The van der Waals surface area contributed by atoms with E-state index in [-0.39, 0.29) is 0 Å². The minimum atomic E-state index is -1.26. The summed E-state index contributed by atoms with van der Waals surface area (Å²) in [5.74, 6) is -0.901. The van der Waals surface area contributed by atoms with Crippen LogP contribution in [0.25, 0.3) is 0 Å². The van der Waals surface area contributed by atoms with E-state index in [2.05, 4.69) is 35.2 Å². The fourth-order valence-electron chi connectivity index (χ4n) is 4.04. The van der Waals surface area contributed by atoms with Crippen LogP contribution in [0.4, 0.5) is 5.95 Å². The number of anilines is 1. The van der Waals surface area contributed by atoms with E-state index in [9.17, 15) is 9.59 Å². The van der Waals surface area contributed by atoms with Gasteiger partial charge in [0, 0.05) is 36.6 Å². The summed E-state index contributed by atoms with van der Waals surface area (Å²) in [7, 11) is 0. The number of aromatic nitrogens is 2. The minimum absolute atomic E-state index is 0.558. The van der Waals surface area contributed by atoms with Crippen molar-refractivity contribution in [3.63, 3.8) is 0 Å². The zero-order valence-corrected chi connectivity index (χ0v) is 17.3. The standard InChI is InChI=1S/C17H28N4.C4H4O4/c1-3-7-18-17-19-12-14-11-16-13(10-15(14)20-17)6-5-9-21(16)8-4-2;5-3(6)1-2-4(7)8/h12-13,16H,3-11H2,1-2H3,(H,18,19,20);1-2H,(H,5,6)(H,7,8)/b;2-1-/t13-,16-;/m1./s1. The second-order valence-electron chi connectivity index (χ2n) is 7.52. The summed E-state index contributed by atoms with van der Waals surface area (Å²) < 4.78 is 0. The Hall–Kier alpha value is -2.48. The molecule has 0 radical (unpaired) electrons. The Morgan fingerprint density at radius 1 is 1.21 bits per heavy atom. The highest BCUT2D eigenvalue weighted by molar-refractivity contribution is 5.89. The lowest BCUT2D eigenvalue weighted by Gasteiger charge is -2.44. The third kappa shape index (κ3) is 7.12. The van der Waals surface area contributed by atoms with E-state index < -0.39 is 11.9 Å². The lowest BCUT2D eigenvalue weighted by atomic mass is 9.77. The monoisotopic (exact) mass is 404 g/mol. The molecule has 3 N–H and O–H groups in total. The SMILES string of the molecule is CCCNc1ncc2c(n1)C[C@H]1CCCN(CCC)[C@@H]1C2.O=C(O)/C=C\C(=O)O. The summed E-state index contributed by atoms with van der Waals surface area (Å²) in [6.45, 7) is 7.93. The van der Waals surface area contributed by atoms with Crippen LogP contribution in [-0.4, -0.2) is 62.7 Å². The Balaban J connectivity index is 0.000000321. The number of hydrogen-bond acceptors (Lipinski definition) is 6. The van der Waals surface area contributed by atoms with Gasteiger partial charge in [0.2, 0.25) is 5.95 Å². The van der Waals surface area contributed by atoms with E-state index in [1.807, 2.05) is 0 Å². The van der Waals surface area contributed by atoms with Crippen LogP contribution in [0.1, 0.15) is 50.8 Å². The van der Waals surface area contributed by atoms with Crippen molar-refractivity contribution in [3.05, 3.63) is 29.6 Å². The lowest BCUT2D eigenvalue weighted by Crippen LogP contribution is -2.49. The molecule has 8 nitrogen and oxygen atoms in total. The first-order chi connectivity index (χ1) is 13.9. The van der Waals surface area contributed by atoms with E-state index in [1.54, 1.807) is 0 Å². The Labute approximate surface area is 172 Å². The zero-order valence-electron chi connectivity index (χ0n) is 17.3. The molecule has 1 aromatic heterocycles. The van der Waals surface area contributed by atoms with Crippen molar-refractivity contribution in [3.8, 4) is 0 Å². The fraction of sp³-hybridized carbons (Fsp3) is 0.619. The van der Waals surface area contributed by atoms with E-state index in [1.165, 1.54) is 43.6 Å². The van der Waals surface area contributed by atoms with Crippen molar-refractivity contribution >= 4 is 17.9 Å². The van der Waals surface area contributed by atoms with Crippen LogP contribution in [0, 0.1) is 5.92 Å². The molecule has 1 aliphatic carbocycles. The lowest BCUT2D eigenvalue weighted by molar-refractivity contribution is -0.134. The molecule has 0 unspecified atom stereocenters. The number of carboxylic acid groups (broad SMARTS) is 2. The van der Waals surface area contributed by atoms with E-state index in [4.69, 9.17) is 15.2 Å². The highest BCUT2D eigenvalue weighted by Crippen LogP contribution is 2.34. The quantitative estimate of drug-likeness (QED) is 0.594. The van der Waals surface area contributed by atoms with Crippen LogP contribution in [0.3, 0.4) is 0 Å². The second-order valence-corrected chi connectivity index (χ2v) is 7.52. The van der Waals surface area contributed by atoms with Gasteiger partial charge in [-0.1, -0.05) is 13.8 Å². The zero-order chi connectivity index (χ0) is 21.2. The first kappa shape index (κ1) is 22.8. The Kier molecular flexibility index (Phi) is 9.05. The van der Waals surface area contributed by atoms with Crippen molar-refractivity contribution in [2.75, 3.05) is 25.0 Å². The molecule has 29 heavy (non-hydrogen) atoms. The topological polar surface area (TPSA) is 116 Å². The van der Waals surface area contributed by atoms with Crippen molar-refractivity contribution in [2.24, 2.45) is 5.92 Å². The van der Waals surface area contributed by atoms with E-state index in [0.29, 0.717) is 12.2 Å². The number of nitrogens with zero attached hydrogens (tertiary/aromatic N) is 3. The van der Waals surface area contributed by atoms with Crippen molar-refractivity contribution in [1.82, 2.24) is 14.9 Å². The minimum Gasteiger partial charge on any atom is -0.478 e. The van der Waals surface area contributed by atoms with E-state index in [0.717, 1.165) is 43.7 Å². The van der Waals surface area contributed by atoms with E-state index >= 15 is 0 Å². The third-order valence-electron chi connectivity index (χ3n) is 5.28. The molecule has 0 spiro atoms. The molecule has 8 heteroatoms. The molecule has 0 amide bonds. The van der Waals surface area contributed by atoms with Crippen LogP contribution in [-0.2, 0) is 22.4 Å². The maximum atomic E-state index is 9.55. The smallest absolute Gasteiger partial charge is 0.328 e. The molecule has 3 rings (SSSR count). The number of nitrogens with one attached hydrogen (secondary N) is 1. The van der Waals surface area contributed by atoms with Crippen LogP contribution < -0.4 is 5.32 Å². The molecular weight excluding hydrogens is 372 g/mol. The number of piperidine rings is 1. The normalized spacial score (nSPS) is 20.9.